The summed E-state index contributed by atoms with van der Waals surface area (Å²) in [6, 6.07) is 14.1. The first-order valence-corrected chi connectivity index (χ1v) is 11.7. The number of amides is 1. The summed E-state index contributed by atoms with van der Waals surface area (Å²) in [7, 11) is 0. The lowest BCUT2D eigenvalue weighted by Gasteiger charge is -2.42. The summed E-state index contributed by atoms with van der Waals surface area (Å²) in [5, 5.41) is 22.1. The molecule has 1 aromatic heterocycles. The summed E-state index contributed by atoms with van der Waals surface area (Å²) in [6.07, 6.45) is 6.23. The van der Waals surface area contributed by atoms with E-state index in [1.165, 1.54) is 5.56 Å². The molecule has 1 amide bonds. The summed E-state index contributed by atoms with van der Waals surface area (Å²) in [6.45, 7) is 8.24. The van der Waals surface area contributed by atoms with Crippen molar-refractivity contribution in [2.75, 3.05) is 31.5 Å². The molecule has 2 aromatic carbocycles. The van der Waals surface area contributed by atoms with Crippen molar-refractivity contribution < 1.29 is 4.79 Å². The lowest BCUT2D eigenvalue weighted by molar-refractivity contribution is -0.123. The lowest BCUT2D eigenvalue weighted by Crippen LogP contribution is -2.58. The van der Waals surface area contributed by atoms with Gasteiger partial charge < -0.3 is 10.6 Å². The van der Waals surface area contributed by atoms with Gasteiger partial charge in [0.05, 0.1) is 17.8 Å². The number of aromatic nitrogens is 2. The van der Waals surface area contributed by atoms with Gasteiger partial charge in [-0.05, 0) is 63.4 Å². The molecular formula is C26H31ClN6O. The van der Waals surface area contributed by atoms with Crippen molar-refractivity contribution in [3.05, 3.63) is 59.9 Å². The van der Waals surface area contributed by atoms with Gasteiger partial charge in [-0.2, -0.15) is 10.4 Å². The standard InChI is InChI=1S/C26H30N6O.ClH/c1-26(2,25(33)30-24-8-7-19(13-27)22-5-3-4-6-23(22)24)32-17-20(14-29-32)18-9-11-31(12-10-18)21-15-28-16-21;/h3-8,14,17-18,21,28H,9-12,15-16H2,1-2H3,(H,30,33);1H. The topological polar surface area (TPSA) is 86.0 Å². The molecule has 2 fully saturated rings. The van der Waals surface area contributed by atoms with Gasteiger partial charge in [0, 0.05) is 41.8 Å². The Morgan fingerprint density at radius 2 is 1.85 bits per heavy atom. The Kier molecular flexibility index (Phi) is 6.94. The number of nitrogens with one attached hydrogen (secondary N) is 2. The van der Waals surface area contributed by atoms with Crippen molar-refractivity contribution in [2.45, 2.75) is 44.2 Å². The van der Waals surface area contributed by atoms with E-state index in [0.29, 0.717) is 23.2 Å². The number of piperidine rings is 1. The van der Waals surface area contributed by atoms with Gasteiger partial charge in [0.25, 0.3) is 5.91 Å². The van der Waals surface area contributed by atoms with Gasteiger partial charge in [0.15, 0.2) is 0 Å². The zero-order chi connectivity index (χ0) is 23.0. The Morgan fingerprint density at radius 1 is 1.15 bits per heavy atom. The second-order valence-corrected chi connectivity index (χ2v) is 9.67. The first-order valence-electron chi connectivity index (χ1n) is 11.7. The molecule has 2 saturated heterocycles. The van der Waals surface area contributed by atoms with E-state index in [1.807, 2.05) is 50.5 Å². The summed E-state index contributed by atoms with van der Waals surface area (Å²) in [5.74, 6) is 0.351. The van der Waals surface area contributed by atoms with E-state index in [2.05, 4.69) is 26.7 Å². The molecular weight excluding hydrogens is 448 g/mol. The van der Waals surface area contributed by atoms with Gasteiger partial charge in [-0.15, -0.1) is 12.4 Å². The molecule has 3 aromatic rings. The van der Waals surface area contributed by atoms with Gasteiger partial charge >= 0.3 is 0 Å². The van der Waals surface area contributed by atoms with Gasteiger partial charge in [-0.25, -0.2) is 0 Å². The van der Waals surface area contributed by atoms with Crippen LogP contribution in [0.2, 0.25) is 0 Å². The van der Waals surface area contributed by atoms with Crippen LogP contribution in [0.15, 0.2) is 48.8 Å². The quantitative estimate of drug-likeness (QED) is 0.581. The number of carbonyl (C=O) groups excluding carboxylic acids is 1. The predicted molar refractivity (Wildman–Crippen MR) is 136 cm³/mol. The average Bonchev–Trinajstić information content (AvgIpc) is 3.30. The minimum absolute atomic E-state index is 0. The number of hydrogen-bond acceptors (Lipinski definition) is 5. The van der Waals surface area contributed by atoms with Gasteiger partial charge in [0.2, 0.25) is 0 Å². The van der Waals surface area contributed by atoms with Crippen molar-refractivity contribution in [2.24, 2.45) is 0 Å². The maximum absolute atomic E-state index is 13.3. The van der Waals surface area contributed by atoms with Crippen LogP contribution in [0.1, 0.15) is 43.7 Å². The van der Waals surface area contributed by atoms with E-state index in [1.54, 1.807) is 16.8 Å². The molecule has 3 heterocycles. The first-order chi connectivity index (χ1) is 16.0. The highest BCUT2D eigenvalue weighted by atomic mass is 35.5. The van der Waals surface area contributed by atoms with E-state index in [9.17, 15) is 10.1 Å². The molecule has 7 nitrogen and oxygen atoms in total. The maximum Gasteiger partial charge on any atom is 0.251 e. The van der Waals surface area contributed by atoms with E-state index in [4.69, 9.17) is 0 Å². The van der Waals surface area contributed by atoms with Crippen LogP contribution in [0.5, 0.6) is 0 Å². The fraction of sp³-hybridized carbons (Fsp3) is 0.423. The normalized spacial score (nSPS) is 17.6. The van der Waals surface area contributed by atoms with E-state index >= 15 is 0 Å². The molecule has 0 aliphatic carbocycles. The number of nitrogens with zero attached hydrogens (tertiary/aromatic N) is 4. The Labute approximate surface area is 206 Å². The van der Waals surface area contributed by atoms with Crippen molar-refractivity contribution in [3.63, 3.8) is 0 Å². The van der Waals surface area contributed by atoms with E-state index in [-0.39, 0.29) is 18.3 Å². The highest BCUT2D eigenvalue weighted by molar-refractivity contribution is 6.05. The second kappa shape index (κ2) is 9.75. The van der Waals surface area contributed by atoms with Crippen molar-refractivity contribution in [3.8, 4) is 6.07 Å². The zero-order valence-electron chi connectivity index (χ0n) is 19.6. The Balaban J connectivity index is 0.00000274. The molecule has 2 aliphatic heterocycles. The van der Waals surface area contributed by atoms with Crippen LogP contribution < -0.4 is 10.6 Å². The maximum atomic E-state index is 13.3. The molecule has 0 bridgehead atoms. The fourth-order valence-electron chi connectivity index (χ4n) is 4.87. The number of nitriles is 1. The van der Waals surface area contributed by atoms with Gasteiger partial charge in [-0.3, -0.25) is 14.4 Å². The number of halogens is 1. The third-order valence-corrected chi connectivity index (χ3v) is 7.30. The number of carbonyl (C=O) groups is 1. The number of benzene rings is 2. The summed E-state index contributed by atoms with van der Waals surface area (Å²) in [5.41, 5.74) is 1.66. The average molecular weight is 479 g/mol. The number of rotatable bonds is 5. The molecule has 0 atom stereocenters. The molecule has 34 heavy (non-hydrogen) atoms. The molecule has 0 spiro atoms. The highest BCUT2D eigenvalue weighted by Gasteiger charge is 2.33. The van der Waals surface area contributed by atoms with Crippen LogP contribution in [-0.2, 0) is 10.3 Å². The molecule has 0 radical (unpaired) electrons. The van der Waals surface area contributed by atoms with Crippen LogP contribution >= 0.6 is 12.4 Å². The third-order valence-electron chi connectivity index (χ3n) is 7.30. The molecule has 0 unspecified atom stereocenters. The lowest BCUT2D eigenvalue weighted by atomic mass is 9.90. The van der Waals surface area contributed by atoms with Crippen LogP contribution in [0.25, 0.3) is 10.8 Å². The van der Waals surface area contributed by atoms with Crippen molar-refractivity contribution >= 4 is 34.8 Å². The number of anilines is 1. The predicted octanol–water partition coefficient (Wildman–Crippen LogP) is 3.85. The van der Waals surface area contributed by atoms with Crippen LogP contribution in [-0.4, -0.2) is 52.8 Å². The fourth-order valence-corrected chi connectivity index (χ4v) is 4.87. The summed E-state index contributed by atoms with van der Waals surface area (Å²) < 4.78 is 1.78. The van der Waals surface area contributed by atoms with Gasteiger partial charge in [-0.1, -0.05) is 24.3 Å². The minimum Gasteiger partial charge on any atom is -0.323 e. The zero-order valence-corrected chi connectivity index (χ0v) is 20.4. The van der Waals surface area contributed by atoms with E-state index < -0.39 is 5.54 Å². The Bertz CT molecular complexity index is 1220. The smallest absolute Gasteiger partial charge is 0.251 e. The first kappa shape index (κ1) is 24.2. The third kappa shape index (κ3) is 4.41. The van der Waals surface area contributed by atoms with Crippen molar-refractivity contribution in [1.29, 1.82) is 5.26 Å². The molecule has 0 saturated carbocycles. The van der Waals surface area contributed by atoms with Crippen LogP contribution in [0, 0.1) is 11.3 Å². The summed E-state index contributed by atoms with van der Waals surface area (Å²) >= 11 is 0. The van der Waals surface area contributed by atoms with Crippen LogP contribution in [0.3, 0.4) is 0 Å². The Morgan fingerprint density at radius 3 is 2.50 bits per heavy atom. The largest absolute Gasteiger partial charge is 0.323 e. The van der Waals surface area contributed by atoms with Crippen molar-refractivity contribution in [1.82, 2.24) is 20.0 Å². The highest BCUT2D eigenvalue weighted by Crippen LogP contribution is 2.31. The van der Waals surface area contributed by atoms with Gasteiger partial charge in [0.1, 0.15) is 5.54 Å². The molecule has 2 aliphatic rings. The summed E-state index contributed by atoms with van der Waals surface area (Å²) in [4.78, 5) is 15.9. The molecule has 2 N–H and O–H groups in total. The van der Waals surface area contributed by atoms with E-state index in [0.717, 1.165) is 49.8 Å². The second-order valence-electron chi connectivity index (χ2n) is 9.67. The molecule has 8 heteroatoms. The molecule has 178 valence electrons. The minimum atomic E-state index is -0.856. The Hall–Kier alpha value is -2.92. The number of fused-ring (bicyclic) bond motifs is 1. The molecule has 5 rings (SSSR count). The number of likely N-dealkylation sites (tertiary alicyclic amines) is 1. The number of hydrogen-bond donors (Lipinski definition) is 2. The SMILES string of the molecule is CC(C)(C(=O)Nc1ccc(C#N)c2ccccc12)n1cc(C2CCN(C3CNC3)CC2)cn1.Cl. The monoisotopic (exact) mass is 478 g/mol. The van der Waals surface area contributed by atoms with Crippen LogP contribution in [0.4, 0.5) is 5.69 Å².